The number of hydrogen-bond donors (Lipinski definition) is 1. The molecule has 0 fully saturated rings. The van der Waals surface area contributed by atoms with Gasteiger partial charge >= 0.3 is 0 Å². The molecule has 25 heavy (non-hydrogen) atoms. The Morgan fingerprint density at radius 3 is 2.52 bits per heavy atom. The average molecular weight is 341 g/mol. The standard InChI is InChI=1S/C18H19N3O4/c1-3-14-8-10-15(11-9-14)25-12-18(22)20-19-13(2)16-6-4-5-7-17(16)21(23)24/h4-11H,3,12H2,1-2H3,(H,20,22)/b19-13-. The zero-order valence-electron chi connectivity index (χ0n) is 14.1. The molecule has 0 aliphatic heterocycles. The van der Waals surface area contributed by atoms with E-state index in [1.54, 1.807) is 37.3 Å². The van der Waals surface area contributed by atoms with Crippen molar-refractivity contribution in [2.75, 3.05) is 6.61 Å². The third-order valence-corrected chi connectivity index (χ3v) is 3.54. The molecule has 0 radical (unpaired) electrons. The van der Waals surface area contributed by atoms with Crippen LogP contribution in [0.25, 0.3) is 0 Å². The maximum Gasteiger partial charge on any atom is 0.278 e. The molecule has 0 bridgehead atoms. The van der Waals surface area contributed by atoms with Gasteiger partial charge in [-0.2, -0.15) is 5.10 Å². The van der Waals surface area contributed by atoms with Crippen LogP contribution in [0.15, 0.2) is 53.6 Å². The van der Waals surface area contributed by atoms with E-state index in [1.165, 1.54) is 11.6 Å². The fraction of sp³-hybridized carbons (Fsp3) is 0.222. The summed E-state index contributed by atoms with van der Waals surface area (Å²) in [6.45, 7) is 3.45. The maximum atomic E-state index is 11.8. The van der Waals surface area contributed by atoms with Crippen molar-refractivity contribution >= 4 is 17.3 Å². The maximum absolute atomic E-state index is 11.8. The number of ether oxygens (including phenoxy) is 1. The minimum absolute atomic E-state index is 0.0646. The molecule has 1 N–H and O–H groups in total. The Morgan fingerprint density at radius 1 is 1.20 bits per heavy atom. The van der Waals surface area contributed by atoms with E-state index in [0.717, 1.165) is 6.42 Å². The van der Waals surface area contributed by atoms with Crippen LogP contribution in [0.5, 0.6) is 5.75 Å². The number of hydrogen-bond acceptors (Lipinski definition) is 5. The normalized spacial score (nSPS) is 11.0. The van der Waals surface area contributed by atoms with Crippen LogP contribution < -0.4 is 10.2 Å². The molecule has 0 heterocycles. The smallest absolute Gasteiger partial charge is 0.278 e. The van der Waals surface area contributed by atoms with Crippen molar-refractivity contribution in [2.24, 2.45) is 5.10 Å². The van der Waals surface area contributed by atoms with Gasteiger partial charge in [0.05, 0.1) is 16.2 Å². The number of carbonyl (C=O) groups is 1. The summed E-state index contributed by atoms with van der Waals surface area (Å²) in [5, 5.41) is 14.9. The van der Waals surface area contributed by atoms with Crippen LogP contribution in [0.2, 0.25) is 0 Å². The fourth-order valence-corrected chi connectivity index (χ4v) is 2.15. The second kappa shape index (κ2) is 8.58. The van der Waals surface area contributed by atoms with E-state index in [-0.39, 0.29) is 12.3 Å². The quantitative estimate of drug-likeness (QED) is 0.476. The molecule has 2 aromatic carbocycles. The highest BCUT2D eigenvalue weighted by Gasteiger charge is 2.14. The lowest BCUT2D eigenvalue weighted by atomic mass is 10.1. The Labute approximate surface area is 145 Å². The van der Waals surface area contributed by atoms with E-state index < -0.39 is 10.8 Å². The van der Waals surface area contributed by atoms with Gasteiger partial charge in [-0.25, -0.2) is 5.43 Å². The number of hydrazone groups is 1. The predicted octanol–water partition coefficient (Wildman–Crippen LogP) is 3.08. The number of benzene rings is 2. The fourth-order valence-electron chi connectivity index (χ4n) is 2.15. The lowest BCUT2D eigenvalue weighted by molar-refractivity contribution is -0.385. The lowest BCUT2D eigenvalue weighted by Gasteiger charge is -2.06. The molecule has 2 aromatic rings. The highest BCUT2D eigenvalue weighted by molar-refractivity contribution is 6.02. The molecule has 1 amide bonds. The van der Waals surface area contributed by atoms with E-state index in [1.807, 2.05) is 12.1 Å². The van der Waals surface area contributed by atoms with Gasteiger partial charge in [0, 0.05) is 6.07 Å². The van der Waals surface area contributed by atoms with E-state index >= 15 is 0 Å². The molecule has 0 saturated carbocycles. The van der Waals surface area contributed by atoms with Gasteiger partial charge < -0.3 is 4.74 Å². The van der Waals surface area contributed by atoms with Gasteiger partial charge in [0.25, 0.3) is 11.6 Å². The number of carbonyl (C=O) groups excluding carboxylic acids is 1. The number of aryl methyl sites for hydroxylation is 1. The van der Waals surface area contributed by atoms with Crippen molar-refractivity contribution in [3.05, 3.63) is 69.8 Å². The summed E-state index contributed by atoms with van der Waals surface area (Å²) in [6, 6.07) is 13.7. The summed E-state index contributed by atoms with van der Waals surface area (Å²) in [6.07, 6.45) is 0.931. The molecule has 130 valence electrons. The number of nitrogens with one attached hydrogen (secondary N) is 1. The van der Waals surface area contributed by atoms with Crippen LogP contribution in [0, 0.1) is 10.1 Å². The SMILES string of the molecule is CCc1ccc(OCC(=O)N/N=C(/C)c2ccccc2[N+](=O)[O-])cc1. The predicted molar refractivity (Wildman–Crippen MR) is 94.8 cm³/mol. The Hall–Kier alpha value is -3.22. The summed E-state index contributed by atoms with van der Waals surface area (Å²) < 4.78 is 5.38. The molecule has 0 aliphatic rings. The van der Waals surface area contributed by atoms with Crippen LogP contribution in [-0.4, -0.2) is 23.1 Å². The summed E-state index contributed by atoms with van der Waals surface area (Å²) in [7, 11) is 0. The number of nitro groups is 1. The Morgan fingerprint density at radius 2 is 1.88 bits per heavy atom. The van der Waals surface area contributed by atoms with Gasteiger partial charge in [0.1, 0.15) is 5.75 Å². The van der Waals surface area contributed by atoms with Crippen LogP contribution in [0.4, 0.5) is 5.69 Å². The van der Waals surface area contributed by atoms with E-state index in [2.05, 4.69) is 17.5 Å². The molecule has 2 rings (SSSR count). The molecule has 0 atom stereocenters. The van der Waals surface area contributed by atoms with Crippen molar-refractivity contribution in [2.45, 2.75) is 20.3 Å². The number of nitrogens with zero attached hydrogens (tertiary/aromatic N) is 2. The first kappa shape index (κ1) is 18.1. The van der Waals surface area contributed by atoms with Gasteiger partial charge in [-0.3, -0.25) is 14.9 Å². The molecule has 7 nitrogen and oxygen atoms in total. The van der Waals surface area contributed by atoms with Crippen molar-refractivity contribution in [1.82, 2.24) is 5.43 Å². The summed E-state index contributed by atoms with van der Waals surface area (Å²) in [5.74, 6) is 0.143. The molecule has 0 saturated heterocycles. The number of amides is 1. The van der Waals surface area contributed by atoms with Crippen molar-refractivity contribution in [1.29, 1.82) is 0 Å². The zero-order chi connectivity index (χ0) is 18.2. The minimum Gasteiger partial charge on any atom is -0.484 e. The molecular weight excluding hydrogens is 322 g/mol. The van der Waals surface area contributed by atoms with E-state index in [4.69, 9.17) is 4.74 Å². The molecular formula is C18H19N3O4. The van der Waals surface area contributed by atoms with Crippen molar-refractivity contribution in [3.63, 3.8) is 0 Å². The molecule has 0 aliphatic carbocycles. The van der Waals surface area contributed by atoms with E-state index in [0.29, 0.717) is 17.0 Å². The third-order valence-electron chi connectivity index (χ3n) is 3.54. The second-order valence-electron chi connectivity index (χ2n) is 5.29. The van der Waals surface area contributed by atoms with Crippen molar-refractivity contribution in [3.8, 4) is 5.75 Å². The zero-order valence-corrected chi connectivity index (χ0v) is 14.1. The number of rotatable bonds is 7. The van der Waals surface area contributed by atoms with Crippen LogP contribution in [0.3, 0.4) is 0 Å². The topological polar surface area (TPSA) is 93.8 Å². The first-order valence-electron chi connectivity index (χ1n) is 7.80. The largest absolute Gasteiger partial charge is 0.484 e. The number of nitro benzene ring substituents is 1. The van der Waals surface area contributed by atoms with E-state index in [9.17, 15) is 14.9 Å². The minimum atomic E-state index is -0.487. The Kier molecular flexibility index (Phi) is 6.22. The summed E-state index contributed by atoms with van der Waals surface area (Å²) in [5.41, 5.74) is 4.15. The van der Waals surface area contributed by atoms with Gasteiger partial charge in [-0.05, 0) is 37.1 Å². The third kappa shape index (κ3) is 5.13. The van der Waals surface area contributed by atoms with Gasteiger partial charge in [0.2, 0.25) is 0 Å². The molecule has 0 unspecified atom stereocenters. The highest BCUT2D eigenvalue weighted by Crippen LogP contribution is 2.18. The molecule has 0 aromatic heterocycles. The average Bonchev–Trinajstić information content (AvgIpc) is 2.64. The van der Waals surface area contributed by atoms with Crippen molar-refractivity contribution < 1.29 is 14.5 Å². The van der Waals surface area contributed by atoms with Crippen LogP contribution in [-0.2, 0) is 11.2 Å². The Balaban J connectivity index is 1.94. The first-order valence-corrected chi connectivity index (χ1v) is 7.80. The molecule has 7 heteroatoms. The monoisotopic (exact) mass is 341 g/mol. The lowest BCUT2D eigenvalue weighted by Crippen LogP contribution is -2.25. The number of para-hydroxylation sites is 1. The van der Waals surface area contributed by atoms with Gasteiger partial charge in [-0.1, -0.05) is 31.2 Å². The van der Waals surface area contributed by atoms with Crippen LogP contribution >= 0.6 is 0 Å². The van der Waals surface area contributed by atoms with Gasteiger partial charge in [0.15, 0.2) is 6.61 Å². The highest BCUT2D eigenvalue weighted by atomic mass is 16.6. The molecule has 0 spiro atoms. The van der Waals surface area contributed by atoms with Crippen LogP contribution in [0.1, 0.15) is 25.0 Å². The Bertz CT molecular complexity index is 785. The summed E-state index contributed by atoms with van der Waals surface area (Å²) in [4.78, 5) is 22.3. The second-order valence-corrected chi connectivity index (χ2v) is 5.29. The first-order chi connectivity index (χ1) is 12.0. The summed E-state index contributed by atoms with van der Waals surface area (Å²) >= 11 is 0. The van der Waals surface area contributed by atoms with Gasteiger partial charge in [-0.15, -0.1) is 0 Å².